The van der Waals surface area contributed by atoms with Crippen LogP contribution in [0.2, 0.25) is 0 Å². The third kappa shape index (κ3) is 2.79. The Hall–Kier alpha value is -2.38. The molecule has 0 aliphatic rings. The van der Waals surface area contributed by atoms with Crippen molar-refractivity contribution in [1.29, 1.82) is 0 Å². The van der Waals surface area contributed by atoms with Gasteiger partial charge >= 0.3 is 0 Å². The Bertz CT molecular complexity index is 1010. The topological polar surface area (TPSA) is 60.8 Å². The van der Waals surface area contributed by atoms with Crippen molar-refractivity contribution in [1.82, 2.24) is 9.47 Å². The molecule has 0 aliphatic heterocycles. The van der Waals surface area contributed by atoms with Gasteiger partial charge in [0.2, 0.25) is 0 Å². The summed E-state index contributed by atoms with van der Waals surface area (Å²) in [6.45, 7) is 0.908. The fourth-order valence-corrected chi connectivity index (χ4v) is 4.16. The molecule has 132 valence electrons. The lowest BCUT2D eigenvalue weighted by molar-refractivity contribution is 0.0746. The summed E-state index contributed by atoms with van der Waals surface area (Å²) in [5.41, 5.74) is 0.663. The monoisotopic (exact) mass is 360 g/mol. The number of pyridine rings is 1. The number of para-hydroxylation sites is 1. The van der Waals surface area contributed by atoms with Crippen LogP contribution < -0.4 is 10.3 Å². The number of aryl methyl sites for hydroxylation is 1. The lowest BCUT2D eigenvalue weighted by atomic mass is 10.1. The summed E-state index contributed by atoms with van der Waals surface area (Å²) in [5.74, 6) is 0.168. The van der Waals surface area contributed by atoms with Gasteiger partial charge in [0.1, 0.15) is 10.3 Å². The molecule has 0 radical (unpaired) electrons. The molecule has 0 saturated heterocycles. The minimum Gasteiger partial charge on any atom is -0.494 e. The van der Waals surface area contributed by atoms with Gasteiger partial charge in [-0.1, -0.05) is 18.2 Å². The van der Waals surface area contributed by atoms with Crippen LogP contribution in [0.15, 0.2) is 29.1 Å². The molecule has 2 heterocycles. The summed E-state index contributed by atoms with van der Waals surface area (Å²) in [4.78, 5) is 27.7. The molecule has 0 atom stereocenters. The second kappa shape index (κ2) is 6.85. The fraction of sp³-hybridized carbons (Fsp3) is 0.333. The number of likely N-dealkylation sites (N-methyl/N-ethyl adjacent to an activating group) is 1. The highest BCUT2D eigenvalue weighted by atomic mass is 32.1. The van der Waals surface area contributed by atoms with E-state index >= 15 is 0 Å². The van der Waals surface area contributed by atoms with Gasteiger partial charge in [-0.15, -0.1) is 11.3 Å². The molecule has 1 aromatic carbocycles. The van der Waals surface area contributed by atoms with Crippen molar-refractivity contribution < 1.29 is 14.3 Å². The van der Waals surface area contributed by atoms with Crippen molar-refractivity contribution in [2.24, 2.45) is 7.05 Å². The zero-order chi connectivity index (χ0) is 18.1. The summed E-state index contributed by atoms with van der Waals surface area (Å²) in [6, 6.07) is 7.66. The van der Waals surface area contributed by atoms with Gasteiger partial charge in [-0.3, -0.25) is 9.59 Å². The summed E-state index contributed by atoms with van der Waals surface area (Å²) >= 11 is 1.30. The van der Waals surface area contributed by atoms with E-state index in [1.165, 1.54) is 18.4 Å². The summed E-state index contributed by atoms with van der Waals surface area (Å²) in [7, 11) is 6.52. The van der Waals surface area contributed by atoms with Crippen molar-refractivity contribution in [3.05, 3.63) is 39.5 Å². The maximum atomic E-state index is 12.8. The number of methoxy groups -OCH3 is 2. The van der Waals surface area contributed by atoms with E-state index in [-0.39, 0.29) is 11.5 Å². The normalized spacial score (nSPS) is 11.2. The van der Waals surface area contributed by atoms with Crippen LogP contribution in [-0.4, -0.2) is 49.8 Å². The molecule has 0 saturated carbocycles. The molecule has 7 heteroatoms. The molecule has 2 aromatic heterocycles. The van der Waals surface area contributed by atoms with Gasteiger partial charge in [0.05, 0.1) is 23.9 Å². The minimum absolute atomic E-state index is 0.166. The van der Waals surface area contributed by atoms with Gasteiger partial charge in [0.25, 0.3) is 11.5 Å². The summed E-state index contributed by atoms with van der Waals surface area (Å²) in [5, 5.41) is 1.39. The number of nitrogens with zero attached hydrogens (tertiary/aromatic N) is 2. The summed E-state index contributed by atoms with van der Waals surface area (Å²) < 4.78 is 12.9. The van der Waals surface area contributed by atoms with E-state index in [4.69, 9.17) is 9.47 Å². The van der Waals surface area contributed by atoms with Crippen LogP contribution in [-0.2, 0) is 11.8 Å². The van der Waals surface area contributed by atoms with Gasteiger partial charge in [-0.05, 0) is 6.07 Å². The smallest absolute Gasteiger partial charge is 0.267 e. The lowest BCUT2D eigenvalue weighted by Gasteiger charge is -2.16. The SMILES string of the molecule is COCCN(C)C(=O)c1sc2c(c1OC)c(=O)n(C)c1ccccc21. The molecular formula is C18H20N2O4S. The predicted molar refractivity (Wildman–Crippen MR) is 100.0 cm³/mol. The number of ether oxygens (including phenoxy) is 2. The predicted octanol–water partition coefficient (Wildman–Crippen LogP) is 2.48. The molecule has 0 bridgehead atoms. The first-order chi connectivity index (χ1) is 12.0. The number of aromatic nitrogens is 1. The van der Waals surface area contributed by atoms with Gasteiger partial charge in [0.15, 0.2) is 5.75 Å². The van der Waals surface area contributed by atoms with Crippen molar-refractivity contribution in [2.75, 3.05) is 34.4 Å². The van der Waals surface area contributed by atoms with E-state index in [1.54, 1.807) is 30.7 Å². The number of fused-ring (bicyclic) bond motifs is 3. The zero-order valence-electron chi connectivity index (χ0n) is 14.7. The standard InChI is InChI=1S/C18H20N2O4S/c1-19(9-10-23-3)18(22)16-14(24-4)13-15(25-16)11-7-5-6-8-12(11)20(2)17(13)21/h5-8H,9-10H2,1-4H3. The first kappa shape index (κ1) is 17.4. The number of hydrogen-bond donors (Lipinski definition) is 0. The molecule has 1 amide bonds. The van der Waals surface area contributed by atoms with Crippen LogP contribution in [0, 0.1) is 0 Å². The Balaban J connectivity index is 2.28. The average molecular weight is 360 g/mol. The highest BCUT2D eigenvalue weighted by Crippen LogP contribution is 2.39. The van der Waals surface area contributed by atoms with Crippen LogP contribution in [0.25, 0.3) is 21.0 Å². The fourth-order valence-electron chi connectivity index (χ4n) is 2.87. The highest BCUT2D eigenvalue weighted by molar-refractivity contribution is 7.22. The highest BCUT2D eigenvalue weighted by Gasteiger charge is 2.25. The first-order valence-electron chi connectivity index (χ1n) is 7.83. The Labute approximate surface area is 149 Å². The summed E-state index contributed by atoms with van der Waals surface area (Å²) in [6.07, 6.45) is 0. The molecule has 0 aliphatic carbocycles. The Morgan fingerprint density at radius 2 is 2.00 bits per heavy atom. The molecular weight excluding hydrogens is 340 g/mol. The Morgan fingerprint density at radius 3 is 2.68 bits per heavy atom. The molecule has 3 aromatic rings. The van der Waals surface area contributed by atoms with Crippen molar-refractivity contribution in [3.63, 3.8) is 0 Å². The number of carbonyl (C=O) groups excluding carboxylic acids is 1. The quantitative estimate of drug-likeness (QED) is 0.701. The molecule has 3 rings (SSSR count). The molecule has 0 unspecified atom stereocenters. The van der Waals surface area contributed by atoms with Crippen molar-refractivity contribution >= 4 is 38.2 Å². The van der Waals surface area contributed by atoms with Gasteiger partial charge in [-0.25, -0.2) is 0 Å². The number of amides is 1. The number of carbonyl (C=O) groups is 1. The van der Waals surface area contributed by atoms with Crippen LogP contribution in [0.3, 0.4) is 0 Å². The third-order valence-electron chi connectivity index (χ3n) is 4.27. The minimum atomic E-state index is -0.179. The number of rotatable bonds is 5. The number of hydrogen-bond acceptors (Lipinski definition) is 5. The average Bonchev–Trinajstić information content (AvgIpc) is 3.03. The van der Waals surface area contributed by atoms with Crippen LogP contribution in [0.4, 0.5) is 0 Å². The van der Waals surface area contributed by atoms with Gasteiger partial charge in [0, 0.05) is 33.1 Å². The first-order valence-corrected chi connectivity index (χ1v) is 8.65. The Kier molecular flexibility index (Phi) is 4.78. The number of thiophene rings is 1. The maximum Gasteiger partial charge on any atom is 0.267 e. The number of benzene rings is 1. The van der Waals surface area contributed by atoms with E-state index in [2.05, 4.69) is 0 Å². The third-order valence-corrected chi connectivity index (χ3v) is 5.46. The molecule has 6 nitrogen and oxygen atoms in total. The van der Waals surface area contributed by atoms with Crippen molar-refractivity contribution in [3.8, 4) is 5.75 Å². The molecule has 0 N–H and O–H groups in total. The molecule has 0 fully saturated rings. The van der Waals surface area contributed by atoms with Gasteiger partial charge in [-0.2, -0.15) is 0 Å². The largest absolute Gasteiger partial charge is 0.494 e. The van der Waals surface area contributed by atoms with Gasteiger partial charge < -0.3 is 18.9 Å². The maximum absolute atomic E-state index is 12.8. The van der Waals surface area contributed by atoms with Crippen LogP contribution in [0.5, 0.6) is 5.75 Å². The second-order valence-electron chi connectivity index (χ2n) is 5.77. The molecule has 0 spiro atoms. The molecule has 25 heavy (non-hydrogen) atoms. The van der Waals surface area contributed by atoms with E-state index in [0.29, 0.717) is 29.2 Å². The van der Waals surface area contributed by atoms with Crippen LogP contribution in [0.1, 0.15) is 9.67 Å². The van der Waals surface area contributed by atoms with E-state index in [9.17, 15) is 9.59 Å². The lowest BCUT2D eigenvalue weighted by Crippen LogP contribution is -2.29. The zero-order valence-corrected chi connectivity index (χ0v) is 15.5. The van der Waals surface area contributed by atoms with E-state index < -0.39 is 0 Å². The van der Waals surface area contributed by atoms with E-state index in [1.807, 2.05) is 24.3 Å². The Morgan fingerprint density at radius 1 is 1.28 bits per heavy atom. The van der Waals surface area contributed by atoms with Crippen molar-refractivity contribution in [2.45, 2.75) is 0 Å². The second-order valence-corrected chi connectivity index (χ2v) is 6.79. The van der Waals surface area contributed by atoms with Crippen LogP contribution >= 0.6 is 11.3 Å². The van der Waals surface area contributed by atoms with E-state index in [0.717, 1.165) is 15.6 Å².